The van der Waals surface area contributed by atoms with Gasteiger partial charge in [0.25, 0.3) is 5.56 Å². The fraction of sp³-hybridized carbons (Fsp3) is 0.200. The van der Waals surface area contributed by atoms with Crippen molar-refractivity contribution < 1.29 is 4.79 Å². The van der Waals surface area contributed by atoms with Gasteiger partial charge in [0.15, 0.2) is 5.78 Å². The Kier molecular flexibility index (Phi) is 3.94. The third-order valence-corrected chi connectivity index (χ3v) is 6.89. The largest absolute Gasteiger partial charge is 0.343 e. The van der Waals surface area contributed by atoms with Crippen LogP contribution in [0.15, 0.2) is 62.3 Å². The van der Waals surface area contributed by atoms with Crippen LogP contribution >= 0.6 is 27.3 Å². The van der Waals surface area contributed by atoms with Crippen LogP contribution in [0.25, 0.3) is 0 Å². The van der Waals surface area contributed by atoms with Crippen LogP contribution in [0.4, 0.5) is 5.82 Å². The maximum atomic E-state index is 13.2. The van der Waals surface area contributed by atoms with Gasteiger partial charge in [-0.15, -0.1) is 11.3 Å². The van der Waals surface area contributed by atoms with Crippen LogP contribution in [0.5, 0.6) is 0 Å². The number of benzene rings is 1. The van der Waals surface area contributed by atoms with Crippen molar-refractivity contribution in [1.82, 2.24) is 10.2 Å². The molecule has 1 aromatic carbocycles. The van der Waals surface area contributed by atoms with E-state index in [1.54, 1.807) is 11.3 Å². The van der Waals surface area contributed by atoms with Gasteiger partial charge in [-0.2, -0.15) is 0 Å². The Hall–Kier alpha value is -2.38. The molecular weight excluding hydrogens is 426 g/mol. The van der Waals surface area contributed by atoms with Crippen molar-refractivity contribution in [2.24, 2.45) is 0 Å². The van der Waals surface area contributed by atoms with Gasteiger partial charge in [-0.3, -0.25) is 19.8 Å². The Labute approximate surface area is 167 Å². The highest BCUT2D eigenvalue weighted by Crippen LogP contribution is 2.46. The molecule has 0 unspecified atom stereocenters. The Bertz CT molecular complexity index is 1110. The summed E-state index contributed by atoms with van der Waals surface area (Å²) >= 11 is 5.14. The predicted molar refractivity (Wildman–Crippen MR) is 109 cm³/mol. The molecule has 0 saturated carbocycles. The van der Waals surface area contributed by atoms with Crippen LogP contribution in [-0.2, 0) is 4.79 Å². The lowest BCUT2D eigenvalue weighted by Crippen LogP contribution is -2.31. The van der Waals surface area contributed by atoms with Gasteiger partial charge in [-0.25, -0.2) is 0 Å². The van der Waals surface area contributed by atoms with Crippen molar-refractivity contribution in [1.29, 1.82) is 0 Å². The second kappa shape index (κ2) is 6.35. The van der Waals surface area contributed by atoms with Crippen LogP contribution in [0.1, 0.15) is 40.7 Å². The van der Waals surface area contributed by atoms with Gasteiger partial charge < -0.3 is 5.32 Å². The molecule has 2 atom stereocenters. The highest BCUT2D eigenvalue weighted by molar-refractivity contribution is 9.10. The molecule has 136 valence electrons. The Morgan fingerprint density at radius 2 is 1.85 bits per heavy atom. The Morgan fingerprint density at radius 3 is 2.59 bits per heavy atom. The number of aromatic amines is 2. The molecule has 27 heavy (non-hydrogen) atoms. The number of hydrogen-bond donors (Lipinski definition) is 3. The Morgan fingerprint density at radius 1 is 1.04 bits per heavy atom. The molecule has 0 spiro atoms. The van der Waals surface area contributed by atoms with Gasteiger partial charge in [0.05, 0.1) is 5.56 Å². The van der Waals surface area contributed by atoms with Crippen molar-refractivity contribution in [2.45, 2.75) is 24.7 Å². The van der Waals surface area contributed by atoms with Crippen LogP contribution in [0.2, 0.25) is 0 Å². The van der Waals surface area contributed by atoms with Crippen molar-refractivity contribution in [3.8, 4) is 0 Å². The molecule has 0 amide bonds. The van der Waals surface area contributed by atoms with Crippen LogP contribution < -0.4 is 10.9 Å². The summed E-state index contributed by atoms with van der Waals surface area (Å²) < 4.78 is 0.963. The standard InChI is InChI=1S/C20H16BrN3O2S/c21-12-5-3-10(4-6-12)16-17-13(22-19-18(16)20(26)24-23-19)8-11(9-14(17)25)15-2-1-7-27-15/h1-7,11,16H,8-9H2,(H3,22,23,24,26)/t11-,16-/m0/s1. The fourth-order valence-electron chi connectivity index (χ4n) is 4.13. The van der Waals surface area contributed by atoms with E-state index < -0.39 is 0 Å². The zero-order chi connectivity index (χ0) is 18.5. The van der Waals surface area contributed by atoms with Gasteiger partial charge in [0.2, 0.25) is 0 Å². The van der Waals surface area contributed by atoms with E-state index >= 15 is 0 Å². The highest BCUT2D eigenvalue weighted by Gasteiger charge is 2.40. The lowest BCUT2D eigenvalue weighted by molar-refractivity contribution is -0.116. The van der Waals surface area contributed by atoms with Crippen molar-refractivity contribution in [3.05, 3.63) is 83.9 Å². The van der Waals surface area contributed by atoms with E-state index in [1.165, 1.54) is 4.88 Å². The zero-order valence-corrected chi connectivity index (χ0v) is 16.6. The number of thiophene rings is 1. The molecule has 1 aliphatic carbocycles. The number of carbonyl (C=O) groups excluding carboxylic acids is 1. The minimum Gasteiger partial charge on any atom is -0.343 e. The molecule has 7 heteroatoms. The maximum absolute atomic E-state index is 13.2. The molecule has 0 fully saturated rings. The number of halogens is 1. The van der Waals surface area contributed by atoms with Crippen molar-refractivity contribution in [2.75, 3.05) is 5.32 Å². The minimum atomic E-state index is -0.351. The number of aromatic nitrogens is 2. The zero-order valence-electron chi connectivity index (χ0n) is 14.2. The topological polar surface area (TPSA) is 77.8 Å². The number of rotatable bonds is 2. The monoisotopic (exact) mass is 441 g/mol. The molecule has 0 saturated heterocycles. The number of nitrogens with one attached hydrogen (secondary N) is 3. The minimum absolute atomic E-state index is 0.112. The smallest absolute Gasteiger partial charge is 0.270 e. The van der Waals surface area contributed by atoms with E-state index in [0.717, 1.165) is 27.7 Å². The number of carbonyl (C=O) groups is 1. The lowest BCUT2D eigenvalue weighted by atomic mass is 9.74. The third-order valence-electron chi connectivity index (χ3n) is 5.32. The van der Waals surface area contributed by atoms with Crippen LogP contribution in [0.3, 0.4) is 0 Å². The molecule has 2 aromatic heterocycles. The van der Waals surface area contributed by atoms with Gasteiger partial charge >= 0.3 is 0 Å². The van der Waals surface area contributed by atoms with Crippen LogP contribution in [0, 0.1) is 0 Å². The van der Waals surface area contributed by atoms with Gasteiger partial charge in [-0.1, -0.05) is 34.1 Å². The number of fused-ring (bicyclic) bond motifs is 1. The van der Waals surface area contributed by atoms with E-state index in [4.69, 9.17) is 0 Å². The van der Waals surface area contributed by atoms with Crippen molar-refractivity contribution >= 4 is 38.9 Å². The highest BCUT2D eigenvalue weighted by atomic mass is 79.9. The molecule has 0 radical (unpaired) electrons. The summed E-state index contributed by atoms with van der Waals surface area (Å²) in [5, 5.41) is 11.0. The summed E-state index contributed by atoms with van der Waals surface area (Å²) in [5.74, 6) is 0.602. The van der Waals surface area contributed by atoms with E-state index in [-0.39, 0.29) is 23.2 Å². The van der Waals surface area contributed by atoms with E-state index in [2.05, 4.69) is 37.5 Å². The summed E-state index contributed by atoms with van der Waals surface area (Å²) in [5.41, 5.74) is 2.98. The molecule has 3 aromatic rings. The first-order valence-corrected chi connectivity index (χ1v) is 10.4. The van der Waals surface area contributed by atoms with Gasteiger partial charge in [-0.05, 0) is 35.6 Å². The first-order valence-electron chi connectivity index (χ1n) is 8.74. The number of ketones is 1. The normalized spacial score (nSPS) is 21.6. The predicted octanol–water partition coefficient (Wildman–Crippen LogP) is 4.49. The quantitative estimate of drug-likeness (QED) is 0.548. The molecule has 2 aliphatic rings. The fourth-order valence-corrected chi connectivity index (χ4v) is 5.23. The van der Waals surface area contributed by atoms with E-state index in [9.17, 15) is 9.59 Å². The second-order valence-corrected chi connectivity index (χ2v) is 8.81. The SMILES string of the molecule is O=C1C[C@@H](c2cccs2)CC2=C1[C@H](c1ccc(Br)cc1)c1c([nH][nH]c1=O)N2. The molecule has 5 rings (SSSR count). The van der Waals surface area contributed by atoms with Crippen LogP contribution in [-0.4, -0.2) is 16.0 Å². The van der Waals surface area contributed by atoms with E-state index in [0.29, 0.717) is 17.8 Å². The van der Waals surface area contributed by atoms with Gasteiger partial charge in [0.1, 0.15) is 5.82 Å². The lowest BCUT2D eigenvalue weighted by Gasteiger charge is -2.34. The maximum Gasteiger partial charge on any atom is 0.270 e. The molecule has 3 heterocycles. The number of H-pyrrole nitrogens is 2. The first-order chi connectivity index (χ1) is 13.1. The molecule has 5 nitrogen and oxygen atoms in total. The summed E-state index contributed by atoms with van der Waals surface area (Å²) in [6, 6.07) is 11.9. The second-order valence-electron chi connectivity index (χ2n) is 6.91. The number of allylic oxidation sites excluding steroid dienone is 2. The summed E-state index contributed by atoms with van der Waals surface area (Å²) in [4.78, 5) is 26.9. The molecule has 0 bridgehead atoms. The average molecular weight is 442 g/mol. The average Bonchev–Trinajstić information content (AvgIpc) is 3.31. The number of anilines is 1. The summed E-state index contributed by atoms with van der Waals surface area (Å²) in [6.45, 7) is 0. The van der Waals surface area contributed by atoms with Crippen molar-refractivity contribution in [3.63, 3.8) is 0 Å². The number of Topliss-reactive ketones (excluding diaryl/α,β-unsaturated/α-hetero) is 1. The molecular formula is C20H16BrN3O2S. The van der Waals surface area contributed by atoms with Gasteiger partial charge in [0, 0.05) is 38.9 Å². The molecule has 1 aliphatic heterocycles. The third kappa shape index (κ3) is 2.73. The Balaban J connectivity index is 1.65. The van der Waals surface area contributed by atoms with E-state index in [1.807, 2.05) is 35.7 Å². The summed E-state index contributed by atoms with van der Waals surface area (Å²) in [7, 11) is 0. The number of hydrogen-bond acceptors (Lipinski definition) is 4. The first kappa shape index (κ1) is 16.8. The molecule has 3 N–H and O–H groups in total. The summed E-state index contributed by atoms with van der Waals surface area (Å²) in [6.07, 6.45) is 1.24.